The minimum Gasteiger partial charge on any atom is -0.205 e. The van der Waals surface area contributed by atoms with E-state index in [2.05, 4.69) is 92.8 Å². The fraction of sp³-hybridized carbons (Fsp3) is 0.600. The monoisotopic (exact) mass is 368 g/mol. The topological polar surface area (TPSA) is 7.76 Å². The van der Waals surface area contributed by atoms with Gasteiger partial charge in [-0.15, -0.1) is 0 Å². The first kappa shape index (κ1) is 21.6. The van der Waals surface area contributed by atoms with E-state index in [0.717, 1.165) is 30.8 Å². The third-order valence-corrected chi connectivity index (χ3v) is 5.71. The van der Waals surface area contributed by atoms with Gasteiger partial charge in [-0.3, -0.25) is 0 Å². The molecule has 2 heteroatoms. The van der Waals surface area contributed by atoms with E-state index in [1.165, 1.54) is 43.2 Å². The highest BCUT2D eigenvalue weighted by Gasteiger charge is 2.13. The Bertz CT molecular complexity index is 645. The summed E-state index contributed by atoms with van der Waals surface area (Å²) in [5, 5.41) is 0. The summed E-state index contributed by atoms with van der Waals surface area (Å²) in [7, 11) is 0. The van der Waals surface area contributed by atoms with Crippen LogP contribution in [-0.2, 0) is 13.1 Å². The molecule has 3 unspecified atom stereocenters. The van der Waals surface area contributed by atoms with E-state index in [9.17, 15) is 0 Å². The molecular formula is C25H40N2+2. The Morgan fingerprint density at radius 2 is 1.19 bits per heavy atom. The smallest absolute Gasteiger partial charge is 0.169 e. The highest BCUT2D eigenvalue weighted by atomic mass is 14.9. The van der Waals surface area contributed by atoms with Crippen molar-refractivity contribution in [2.45, 2.75) is 79.8 Å². The number of pyridine rings is 2. The molecule has 2 rings (SSSR count). The van der Waals surface area contributed by atoms with Crippen molar-refractivity contribution in [1.82, 2.24) is 0 Å². The molecule has 2 heterocycles. The van der Waals surface area contributed by atoms with Gasteiger partial charge in [0.15, 0.2) is 37.9 Å². The lowest BCUT2D eigenvalue weighted by Gasteiger charge is -2.13. The lowest BCUT2D eigenvalue weighted by atomic mass is 9.95. The molecule has 0 spiro atoms. The zero-order valence-electron chi connectivity index (χ0n) is 18.2. The maximum absolute atomic E-state index is 2.37. The Labute approximate surface area is 167 Å². The van der Waals surface area contributed by atoms with Crippen molar-refractivity contribution in [3.05, 3.63) is 49.1 Å². The second-order valence-electron chi connectivity index (χ2n) is 8.67. The van der Waals surface area contributed by atoms with Crippen LogP contribution in [0.1, 0.15) is 66.7 Å². The number of hydrogen-bond donors (Lipinski definition) is 0. The van der Waals surface area contributed by atoms with Gasteiger partial charge in [-0.1, -0.05) is 53.9 Å². The minimum atomic E-state index is 0.723. The van der Waals surface area contributed by atoms with E-state index in [1.54, 1.807) is 0 Å². The fourth-order valence-corrected chi connectivity index (χ4v) is 3.83. The molecule has 0 aliphatic rings. The average molecular weight is 369 g/mol. The molecule has 148 valence electrons. The first-order chi connectivity index (χ1) is 13.0. The van der Waals surface area contributed by atoms with E-state index < -0.39 is 0 Å². The fourth-order valence-electron chi connectivity index (χ4n) is 3.83. The van der Waals surface area contributed by atoms with Crippen LogP contribution >= 0.6 is 0 Å². The summed E-state index contributed by atoms with van der Waals surface area (Å²) in [4.78, 5) is 0. The first-order valence-electron chi connectivity index (χ1n) is 11.0. The van der Waals surface area contributed by atoms with Crippen molar-refractivity contribution in [1.29, 1.82) is 0 Å². The maximum Gasteiger partial charge on any atom is 0.169 e. The first-order valence-corrected chi connectivity index (χ1v) is 11.0. The molecule has 0 amide bonds. The van der Waals surface area contributed by atoms with Crippen LogP contribution in [0.15, 0.2) is 49.1 Å². The van der Waals surface area contributed by atoms with Crippen LogP contribution in [0.3, 0.4) is 0 Å². The summed E-state index contributed by atoms with van der Waals surface area (Å²) in [5.74, 6) is 2.29. The quantitative estimate of drug-likeness (QED) is 0.441. The highest BCUT2D eigenvalue weighted by molar-refractivity contribution is 5.60. The van der Waals surface area contributed by atoms with Crippen molar-refractivity contribution in [2.75, 3.05) is 0 Å². The van der Waals surface area contributed by atoms with E-state index in [-0.39, 0.29) is 0 Å². The van der Waals surface area contributed by atoms with E-state index >= 15 is 0 Å². The second kappa shape index (κ2) is 11.2. The number of rotatable bonds is 11. The SMILES string of the molecule is CCCCC(C)C[n+]1ccc(-c2cc[n+](CC(C)CC(C)CC)cc2)cc1. The van der Waals surface area contributed by atoms with Crippen LogP contribution in [0.4, 0.5) is 0 Å². The zero-order chi connectivity index (χ0) is 19.6. The molecule has 0 bridgehead atoms. The lowest BCUT2D eigenvalue weighted by Crippen LogP contribution is -2.36. The van der Waals surface area contributed by atoms with Crippen LogP contribution in [-0.4, -0.2) is 0 Å². The molecule has 0 radical (unpaired) electrons. The standard InChI is InChI=1S/C25H40N2/c1-6-8-9-22(4)19-26-14-10-24(11-15-26)25-12-16-27(17-13-25)20-23(5)18-21(3)7-2/h10-17,21-23H,6-9,18-20H2,1-5H3/q+2. The van der Waals surface area contributed by atoms with Crippen molar-refractivity contribution >= 4 is 0 Å². The summed E-state index contributed by atoms with van der Waals surface area (Å²) < 4.78 is 4.65. The van der Waals surface area contributed by atoms with Crippen molar-refractivity contribution in [3.63, 3.8) is 0 Å². The molecule has 2 aromatic rings. The van der Waals surface area contributed by atoms with Gasteiger partial charge >= 0.3 is 0 Å². The Morgan fingerprint density at radius 3 is 1.63 bits per heavy atom. The molecule has 0 aromatic carbocycles. The summed E-state index contributed by atoms with van der Waals surface area (Å²) >= 11 is 0. The molecule has 2 nitrogen and oxygen atoms in total. The maximum atomic E-state index is 2.37. The molecule has 3 atom stereocenters. The predicted octanol–water partition coefficient (Wildman–Crippen LogP) is 5.83. The Kier molecular flexibility index (Phi) is 8.97. The summed E-state index contributed by atoms with van der Waals surface area (Å²) in [5.41, 5.74) is 2.60. The van der Waals surface area contributed by atoms with Gasteiger partial charge in [0.1, 0.15) is 0 Å². The third kappa shape index (κ3) is 7.44. The predicted molar refractivity (Wildman–Crippen MR) is 114 cm³/mol. The van der Waals surface area contributed by atoms with Gasteiger partial charge in [0.25, 0.3) is 0 Å². The number of nitrogens with zero attached hydrogens (tertiary/aromatic N) is 2. The van der Waals surface area contributed by atoms with Gasteiger partial charge in [0, 0.05) is 36.1 Å². The molecule has 0 N–H and O–H groups in total. The van der Waals surface area contributed by atoms with Gasteiger partial charge in [-0.25, -0.2) is 9.13 Å². The summed E-state index contributed by atoms with van der Waals surface area (Å²) in [6, 6.07) is 8.99. The number of hydrogen-bond acceptors (Lipinski definition) is 0. The summed E-state index contributed by atoms with van der Waals surface area (Å²) in [6.45, 7) is 13.9. The van der Waals surface area contributed by atoms with Crippen molar-refractivity contribution in [3.8, 4) is 11.1 Å². The molecule has 0 aliphatic carbocycles. The Balaban J connectivity index is 1.92. The van der Waals surface area contributed by atoms with Crippen LogP contribution in [0.5, 0.6) is 0 Å². The normalized spacial score (nSPS) is 14.7. The average Bonchev–Trinajstić information content (AvgIpc) is 2.67. The van der Waals surface area contributed by atoms with Gasteiger partial charge in [0.2, 0.25) is 0 Å². The van der Waals surface area contributed by atoms with Crippen LogP contribution in [0.25, 0.3) is 11.1 Å². The van der Waals surface area contributed by atoms with E-state index in [4.69, 9.17) is 0 Å². The van der Waals surface area contributed by atoms with Crippen LogP contribution in [0, 0.1) is 17.8 Å². The van der Waals surface area contributed by atoms with Gasteiger partial charge in [-0.05, 0) is 29.9 Å². The Morgan fingerprint density at radius 1 is 0.704 bits per heavy atom. The second-order valence-corrected chi connectivity index (χ2v) is 8.67. The zero-order valence-corrected chi connectivity index (χ0v) is 18.2. The molecule has 0 saturated heterocycles. The third-order valence-electron chi connectivity index (χ3n) is 5.71. The molecule has 0 fully saturated rings. The Hall–Kier alpha value is -1.70. The van der Waals surface area contributed by atoms with Crippen LogP contribution < -0.4 is 9.13 Å². The summed E-state index contributed by atoms with van der Waals surface area (Å²) in [6.07, 6.45) is 15.4. The molecular weight excluding hydrogens is 328 g/mol. The molecule has 0 aliphatic heterocycles. The van der Waals surface area contributed by atoms with Crippen LogP contribution in [0.2, 0.25) is 0 Å². The molecule has 0 saturated carbocycles. The lowest BCUT2D eigenvalue weighted by molar-refractivity contribution is -0.703. The molecule has 27 heavy (non-hydrogen) atoms. The van der Waals surface area contributed by atoms with Gasteiger partial charge in [-0.2, -0.15) is 0 Å². The van der Waals surface area contributed by atoms with Gasteiger partial charge < -0.3 is 0 Å². The van der Waals surface area contributed by atoms with E-state index in [0.29, 0.717) is 0 Å². The van der Waals surface area contributed by atoms with Crippen molar-refractivity contribution in [2.24, 2.45) is 17.8 Å². The molecule has 2 aromatic heterocycles. The van der Waals surface area contributed by atoms with E-state index in [1.807, 2.05) is 0 Å². The number of unbranched alkanes of at least 4 members (excludes halogenated alkanes) is 1. The highest BCUT2D eigenvalue weighted by Crippen LogP contribution is 2.17. The van der Waals surface area contributed by atoms with Crippen molar-refractivity contribution < 1.29 is 9.13 Å². The number of aromatic nitrogens is 2. The van der Waals surface area contributed by atoms with Gasteiger partial charge in [0.05, 0.1) is 0 Å². The minimum absolute atomic E-state index is 0.723. The largest absolute Gasteiger partial charge is 0.205 e.